The third-order valence-corrected chi connectivity index (χ3v) is 1.58. The minimum absolute atomic E-state index is 0.633. The summed E-state index contributed by atoms with van der Waals surface area (Å²) in [7, 11) is 1.73. The summed E-state index contributed by atoms with van der Waals surface area (Å²) in [5.41, 5.74) is 0. The van der Waals surface area contributed by atoms with Gasteiger partial charge in [0.15, 0.2) is 0 Å². The summed E-state index contributed by atoms with van der Waals surface area (Å²) >= 11 is 0. The lowest BCUT2D eigenvalue weighted by Gasteiger charge is -2.07. The van der Waals surface area contributed by atoms with Crippen molar-refractivity contribution in [3.8, 4) is 0 Å². The molecule has 0 atom stereocenters. The molecule has 0 amide bonds. The van der Waals surface area contributed by atoms with Crippen molar-refractivity contribution >= 4 is 0 Å². The zero-order valence-electron chi connectivity index (χ0n) is 9.14. The second-order valence-electron chi connectivity index (χ2n) is 3.57. The van der Waals surface area contributed by atoms with Gasteiger partial charge in [-0.2, -0.15) is 0 Å². The molecule has 0 saturated carbocycles. The Balaban J connectivity index is 2.84. The van der Waals surface area contributed by atoms with E-state index in [4.69, 9.17) is 9.47 Å². The fourth-order valence-corrected chi connectivity index (χ4v) is 0.930. The maximum absolute atomic E-state index is 5.41. The highest BCUT2D eigenvalue weighted by atomic mass is 16.5. The van der Waals surface area contributed by atoms with Crippen LogP contribution in [0.25, 0.3) is 0 Å². The minimum atomic E-state index is 0.633. The zero-order chi connectivity index (χ0) is 9.94. The number of methoxy groups -OCH3 is 1. The van der Waals surface area contributed by atoms with Gasteiger partial charge in [0.25, 0.3) is 0 Å². The van der Waals surface area contributed by atoms with Crippen LogP contribution in [0.1, 0.15) is 20.3 Å². The van der Waals surface area contributed by atoms with Crippen LogP contribution in [0, 0.1) is 5.92 Å². The van der Waals surface area contributed by atoms with Crippen LogP contribution in [0.4, 0.5) is 0 Å². The molecule has 0 aromatic heterocycles. The molecule has 0 bridgehead atoms. The van der Waals surface area contributed by atoms with Gasteiger partial charge < -0.3 is 14.8 Å². The molecule has 0 heterocycles. The van der Waals surface area contributed by atoms with E-state index >= 15 is 0 Å². The Hall–Kier alpha value is -0.120. The van der Waals surface area contributed by atoms with Crippen molar-refractivity contribution in [2.24, 2.45) is 5.92 Å². The van der Waals surface area contributed by atoms with Gasteiger partial charge in [-0.05, 0) is 18.9 Å². The first-order chi connectivity index (χ1) is 6.27. The van der Waals surface area contributed by atoms with Crippen LogP contribution < -0.4 is 5.32 Å². The van der Waals surface area contributed by atoms with E-state index in [0.29, 0.717) is 5.92 Å². The number of hydrogen-bond donors (Lipinski definition) is 1. The van der Waals surface area contributed by atoms with Gasteiger partial charge >= 0.3 is 0 Å². The van der Waals surface area contributed by atoms with E-state index in [1.54, 1.807) is 7.11 Å². The molecule has 0 aliphatic heterocycles. The Kier molecular flexibility index (Phi) is 9.87. The van der Waals surface area contributed by atoms with Gasteiger partial charge in [-0.3, -0.25) is 0 Å². The van der Waals surface area contributed by atoms with Gasteiger partial charge in [0.1, 0.15) is 0 Å². The van der Waals surface area contributed by atoms with Crippen molar-refractivity contribution in [1.29, 1.82) is 0 Å². The van der Waals surface area contributed by atoms with E-state index in [1.807, 2.05) is 0 Å². The topological polar surface area (TPSA) is 30.5 Å². The molecule has 0 radical (unpaired) electrons. The molecular weight excluding hydrogens is 166 g/mol. The van der Waals surface area contributed by atoms with Gasteiger partial charge in [0, 0.05) is 26.9 Å². The van der Waals surface area contributed by atoms with Gasteiger partial charge in [0.2, 0.25) is 0 Å². The molecule has 0 aliphatic carbocycles. The summed E-state index contributed by atoms with van der Waals surface area (Å²) in [5, 5.41) is 3.29. The summed E-state index contributed by atoms with van der Waals surface area (Å²) < 4.78 is 10.3. The van der Waals surface area contributed by atoms with E-state index < -0.39 is 0 Å². The maximum atomic E-state index is 5.41. The van der Waals surface area contributed by atoms with E-state index in [9.17, 15) is 0 Å². The minimum Gasteiger partial charge on any atom is -0.385 e. The highest BCUT2D eigenvalue weighted by molar-refractivity contribution is 4.47. The standard InChI is InChI=1S/C10H23NO2/c1-10(2)9-13-8-6-11-5-4-7-12-3/h10-11H,4-9H2,1-3H3. The quantitative estimate of drug-likeness (QED) is 0.554. The maximum Gasteiger partial charge on any atom is 0.0591 e. The van der Waals surface area contributed by atoms with Crippen LogP contribution >= 0.6 is 0 Å². The van der Waals surface area contributed by atoms with E-state index in [2.05, 4.69) is 19.2 Å². The summed E-state index contributed by atoms with van der Waals surface area (Å²) in [5.74, 6) is 0.633. The second kappa shape index (κ2) is 9.96. The van der Waals surface area contributed by atoms with Crippen molar-refractivity contribution in [2.45, 2.75) is 20.3 Å². The number of nitrogens with one attached hydrogen (secondary N) is 1. The van der Waals surface area contributed by atoms with Crippen LogP contribution in [-0.4, -0.2) is 40.0 Å². The van der Waals surface area contributed by atoms with Crippen LogP contribution in [-0.2, 0) is 9.47 Å². The Morgan fingerprint density at radius 2 is 1.92 bits per heavy atom. The monoisotopic (exact) mass is 189 g/mol. The second-order valence-corrected chi connectivity index (χ2v) is 3.57. The smallest absolute Gasteiger partial charge is 0.0591 e. The molecule has 0 aromatic rings. The summed E-state index contributed by atoms with van der Waals surface area (Å²) in [4.78, 5) is 0. The van der Waals surface area contributed by atoms with Gasteiger partial charge in [-0.15, -0.1) is 0 Å². The highest BCUT2D eigenvalue weighted by Crippen LogP contribution is 1.90. The van der Waals surface area contributed by atoms with Crippen LogP contribution in [0.15, 0.2) is 0 Å². The van der Waals surface area contributed by atoms with Crippen molar-refractivity contribution in [3.05, 3.63) is 0 Å². The zero-order valence-corrected chi connectivity index (χ0v) is 9.14. The molecule has 13 heavy (non-hydrogen) atoms. The molecule has 80 valence electrons. The van der Waals surface area contributed by atoms with Gasteiger partial charge in [0.05, 0.1) is 6.61 Å². The molecule has 0 saturated heterocycles. The molecule has 1 N–H and O–H groups in total. The predicted molar refractivity (Wildman–Crippen MR) is 55.0 cm³/mol. The van der Waals surface area contributed by atoms with Crippen LogP contribution in [0.5, 0.6) is 0 Å². The van der Waals surface area contributed by atoms with E-state index in [0.717, 1.165) is 39.3 Å². The molecule has 0 rings (SSSR count). The van der Waals surface area contributed by atoms with Crippen LogP contribution in [0.2, 0.25) is 0 Å². The average Bonchev–Trinajstić information content (AvgIpc) is 2.09. The Morgan fingerprint density at radius 1 is 1.15 bits per heavy atom. The molecule has 3 heteroatoms. The number of rotatable bonds is 9. The molecule has 3 nitrogen and oxygen atoms in total. The lowest BCUT2D eigenvalue weighted by Crippen LogP contribution is -2.22. The van der Waals surface area contributed by atoms with Crippen molar-refractivity contribution in [3.63, 3.8) is 0 Å². The Labute approximate surface area is 81.8 Å². The number of hydrogen-bond acceptors (Lipinski definition) is 3. The highest BCUT2D eigenvalue weighted by Gasteiger charge is 1.92. The lowest BCUT2D eigenvalue weighted by molar-refractivity contribution is 0.111. The lowest BCUT2D eigenvalue weighted by atomic mass is 10.2. The SMILES string of the molecule is COCCCNCCOCC(C)C. The molecule has 0 aromatic carbocycles. The summed E-state index contributed by atoms with van der Waals surface area (Å²) in [6.07, 6.45) is 1.07. The number of ether oxygens (including phenoxy) is 2. The van der Waals surface area contributed by atoms with Crippen molar-refractivity contribution < 1.29 is 9.47 Å². The Bertz CT molecular complexity index is 96.9. The third-order valence-electron chi connectivity index (χ3n) is 1.58. The van der Waals surface area contributed by atoms with Gasteiger partial charge in [-0.1, -0.05) is 13.8 Å². The van der Waals surface area contributed by atoms with Crippen molar-refractivity contribution in [1.82, 2.24) is 5.32 Å². The van der Waals surface area contributed by atoms with E-state index in [1.165, 1.54) is 0 Å². The van der Waals surface area contributed by atoms with Gasteiger partial charge in [-0.25, -0.2) is 0 Å². The largest absolute Gasteiger partial charge is 0.385 e. The third kappa shape index (κ3) is 11.9. The normalized spacial score (nSPS) is 11.1. The molecule has 0 spiro atoms. The van der Waals surface area contributed by atoms with E-state index in [-0.39, 0.29) is 0 Å². The molecule has 0 aliphatic rings. The Morgan fingerprint density at radius 3 is 2.54 bits per heavy atom. The first kappa shape index (κ1) is 12.9. The summed E-state index contributed by atoms with van der Waals surface area (Å²) in [6.45, 7) is 8.78. The summed E-state index contributed by atoms with van der Waals surface area (Å²) in [6, 6.07) is 0. The molecule has 0 fully saturated rings. The first-order valence-electron chi connectivity index (χ1n) is 5.04. The molecular formula is C10H23NO2. The molecule has 0 unspecified atom stereocenters. The first-order valence-corrected chi connectivity index (χ1v) is 5.04. The predicted octanol–water partition coefficient (Wildman–Crippen LogP) is 1.29. The fraction of sp³-hybridized carbons (Fsp3) is 1.00. The fourth-order valence-electron chi connectivity index (χ4n) is 0.930. The van der Waals surface area contributed by atoms with Crippen molar-refractivity contribution in [2.75, 3.05) is 40.0 Å². The van der Waals surface area contributed by atoms with Crippen LogP contribution in [0.3, 0.4) is 0 Å². The average molecular weight is 189 g/mol.